The van der Waals surface area contributed by atoms with E-state index in [0.29, 0.717) is 48.3 Å². The van der Waals surface area contributed by atoms with Gasteiger partial charge in [-0.05, 0) is 103 Å². The summed E-state index contributed by atoms with van der Waals surface area (Å²) in [6.45, 7) is 8.20. The van der Waals surface area contributed by atoms with E-state index in [-0.39, 0.29) is 37.8 Å². The number of ether oxygens (including phenoxy) is 3. The van der Waals surface area contributed by atoms with E-state index in [9.17, 15) is 13.2 Å². The number of esters is 1. The highest BCUT2D eigenvalue weighted by atomic mass is 35.5. The van der Waals surface area contributed by atoms with E-state index < -0.39 is 16.2 Å². The zero-order valence-corrected chi connectivity index (χ0v) is 34.5. The van der Waals surface area contributed by atoms with Gasteiger partial charge in [0.05, 0.1) is 25.2 Å². The second kappa shape index (κ2) is 18.5. The minimum atomic E-state index is -4.15. The molecule has 0 saturated heterocycles. The van der Waals surface area contributed by atoms with Crippen LogP contribution in [0.5, 0.6) is 11.5 Å². The van der Waals surface area contributed by atoms with Gasteiger partial charge in [-0.3, -0.25) is 4.79 Å². The number of hydrogen-bond donors (Lipinski definition) is 0. The molecule has 0 amide bonds. The topological polar surface area (TPSA) is 122 Å². The van der Waals surface area contributed by atoms with E-state index in [0.717, 1.165) is 57.3 Å². The molecule has 6 aromatic rings. The molecule has 58 heavy (non-hydrogen) atoms. The van der Waals surface area contributed by atoms with Crippen LogP contribution in [0.3, 0.4) is 0 Å². The molecule has 0 fully saturated rings. The number of carbonyl (C=O) groups excluding carboxylic acids is 1. The molecule has 1 unspecified atom stereocenters. The third-order valence-corrected chi connectivity index (χ3v) is 12.1. The Hall–Kier alpha value is -5.27. The third kappa shape index (κ3) is 9.70. The van der Waals surface area contributed by atoms with Gasteiger partial charge in [0.15, 0.2) is 0 Å². The Labute approximate surface area is 344 Å². The molecule has 2 heterocycles. The van der Waals surface area contributed by atoms with Crippen LogP contribution in [0.4, 0.5) is 0 Å². The maximum Gasteiger partial charge on any atom is 0.385 e. The van der Waals surface area contributed by atoms with Crippen molar-refractivity contribution in [3.05, 3.63) is 153 Å². The average Bonchev–Trinajstić information content (AvgIpc) is 3.64. The molecule has 13 heteroatoms. The van der Waals surface area contributed by atoms with E-state index in [4.69, 9.17) is 30.0 Å². The van der Waals surface area contributed by atoms with Gasteiger partial charge in [-0.2, -0.15) is 12.7 Å². The molecule has 0 N–H and O–H groups in total. The van der Waals surface area contributed by atoms with Gasteiger partial charge in [0.25, 0.3) is 0 Å². The zero-order chi connectivity index (χ0) is 40.6. The summed E-state index contributed by atoms with van der Waals surface area (Å²) in [4.78, 5) is 13.2. The highest BCUT2D eigenvalue weighted by molar-refractivity contribution is 7.84. The van der Waals surface area contributed by atoms with Crippen LogP contribution in [-0.2, 0) is 57.4 Å². The number of rotatable bonds is 17. The maximum absolute atomic E-state index is 13.5. The molecule has 0 aliphatic carbocycles. The van der Waals surface area contributed by atoms with Crippen LogP contribution in [0, 0.1) is 13.8 Å². The number of halogens is 1. The average molecular weight is 823 g/mol. The summed E-state index contributed by atoms with van der Waals surface area (Å²) in [7, 11) is -4.15. The van der Waals surface area contributed by atoms with Gasteiger partial charge in [0.2, 0.25) is 0 Å². The van der Waals surface area contributed by atoms with E-state index in [1.165, 1.54) is 4.31 Å². The lowest BCUT2D eigenvalue weighted by Gasteiger charge is -2.29. The maximum atomic E-state index is 13.5. The molecule has 1 aromatic heterocycles. The molecule has 1 aliphatic heterocycles. The largest absolute Gasteiger partial charge is 0.489 e. The Balaban J connectivity index is 1.10. The minimum absolute atomic E-state index is 0.00790. The first kappa shape index (κ1) is 40.9. The fourth-order valence-corrected chi connectivity index (χ4v) is 8.56. The van der Waals surface area contributed by atoms with Crippen LogP contribution in [0.15, 0.2) is 103 Å². The van der Waals surface area contributed by atoms with Crippen LogP contribution >= 0.6 is 11.6 Å². The van der Waals surface area contributed by atoms with Crippen molar-refractivity contribution in [1.29, 1.82) is 0 Å². The summed E-state index contributed by atoms with van der Waals surface area (Å²) in [6, 6.07) is 32.8. The van der Waals surface area contributed by atoms with Crippen molar-refractivity contribution in [2.75, 3.05) is 13.2 Å². The number of carbonyl (C=O) groups is 1. The lowest BCUT2D eigenvalue weighted by molar-refractivity contribution is -0.143. The van der Waals surface area contributed by atoms with Gasteiger partial charge in [-0.25, -0.2) is 4.68 Å². The first-order valence-electron chi connectivity index (χ1n) is 19.5. The molecule has 302 valence electrons. The highest BCUT2D eigenvalue weighted by Crippen LogP contribution is 2.38. The first-order chi connectivity index (χ1) is 28.1. The van der Waals surface area contributed by atoms with Crippen molar-refractivity contribution in [3.63, 3.8) is 0 Å². The standard InChI is InChI=1S/C45H47ClN4O7S/c1-4-55-44(51)26-40(39-18-19-42-45(32(39)3)47-48-50(42)21-11-12-22-54-29-33-13-7-5-8-14-33)35-23-36(31(2)41(46)25-35)27-49-28-37-24-38(17-20-43(37)57-58(49,52)53)56-30-34-15-9-6-10-16-34/h5-10,13-20,23-25,40H,4,11-12,21-22,26-30H2,1-3H3. The predicted molar refractivity (Wildman–Crippen MR) is 223 cm³/mol. The zero-order valence-electron chi connectivity index (χ0n) is 32.9. The fraction of sp³-hybridized carbons (Fsp3) is 0.311. The van der Waals surface area contributed by atoms with Gasteiger partial charge < -0.3 is 18.4 Å². The monoisotopic (exact) mass is 822 g/mol. The number of unbranched alkanes of at least 4 members (excludes halogenated alkanes) is 1. The predicted octanol–water partition coefficient (Wildman–Crippen LogP) is 9.00. The second-order valence-corrected chi connectivity index (χ2v) is 16.4. The van der Waals surface area contributed by atoms with Crippen LogP contribution < -0.4 is 8.92 Å². The lowest BCUT2D eigenvalue weighted by Crippen LogP contribution is -2.37. The van der Waals surface area contributed by atoms with Crippen LogP contribution in [0.25, 0.3) is 11.0 Å². The summed E-state index contributed by atoms with van der Waals surface area (Å²) in [5.74, 6) is 0.0331. The van der Waals surface area contributed by atoms with Crippen molar-refractivity contribution in [3.8, 4) is 11.5 Å². The van der Waals surface area contributed by atoms with Crippen molar-refractivity contribution in [1.82, 2.24) is 19.3 Å². The number of benzene rings is 5. The summed E-state index contributed by atoms with van der Waals surface area (Å²) >= 11 is 6.91. The summed E-state index contributed by atoms with van der Waals surface area (Å²) in [6.07, 6.45) is 1.79. The summed E-state index contributed by atoms with van der Waals surface area (Å²) in [5.41, 5.74) is 8.39. The minimum Gasteiger partial charge on any atom is -0.489 e. The quantitative estimate of drug-likeness (QED) is 0.0656. The molecule has 0 saturated carbocycles. The third-order valence-electron chi connectivity index (χ3n) is 10.4. The van der Waals surface area contributed by atoms with Gasteiger partial charge >= 0.3 is 16.3 Å². The van der Waals surface area contributed by atoms with Crippen molar-refractivity contribution >= 4 is 38.9 Å². The van der Waals surface area contributed by atoms with Crippen molar-refractivity contribution in [2.24, 2.45) is 0 Å². The molecule has 0 bridgehead atoms. The number of aromatic nitrogens is 3. The van der Waals surface area contributed by atoms with E-state index in [2.05, 4.69) is 22.4 Å². The number of nitrogens with zero attached hydrogens (tertiary/aromatic N) is 4. The molecule has 0 radical (unpaired) electrons. The molecule has 7 rings (SSSR count). The summed E-state index contributed by atoms with van der Waals surface area (Å²) < 4.78 is 53.0. The SMILES string of the molecule is CCOC(=O)CC(c1cc(Cl)c(C)c(CN2Cc3cc(OCc4ccccc4)ccc3OS2(=O)=O)c1)c1ccc2c(nnn2CCCCOCc2ccccc2)c1C. The van der Waals surface area contributed by atoms with Crippen LogP contribution in [0.1, 0.15) is 76.6 Å². The number of aryl methyl sites for hydroxylation is 2. The number of hydrogen-bond acceptors (Lipinski definition) is 9. The molecule has 0 spiro atoms. The Morgan fingerprint density at radius 2 is 1.64 bits per heavy atom. The van der Waals surface area contributed by atoms with Crippen LogP contribution in [0.2, 0.25) is 5.02 Å². The van der Waals surface area contributed by atoms with Crippen molar-refractivity contribution in [2.45, 2.75) is 78.8 Å². The highest BCUT2D eigenvalue weighted by Gasteiger charge is 2.33. The first-order valence-corrected chi connectivity index (χ1v) is 21.2. The Morgan fingerprint density at radius 1 is 0.897 bits per heavy atom. The Kier molecular flexibility index (Phi) is 13.1. The normalized spacial score (nSPS) is 14.1. The Bertz CT molecular complexity index is 2480. The van der Waals surface area contributed by atoms with Gasteiger partial charge in [0, 0.05) is 42.7 Å². The van der Waals surface area contributed by atoms with Crippen LogP contribution in [-0.4, -0.2) is 46.9 Å². The molecule has 1 aliphatic rings. The molecule has 5 aromatic carbocycles. The molecular weight excluding hydrogens is 776 g/mol. The van der Waals surface area contributed by atoms with Gasteiger partial charge in [-0.1, -0.05) is 89.6 Å². The molecular formula is C45H47ClN4O7S. The van der Waals surface area contributed by atoms with E-state index in [1.807, 2.05) is 97.4 Å². The van der Waals surface area contributed by atoms with Gasteiger partial charge in [0.1, 0.15) is 23.6 Å². The Morgan fingerprint density at radius 3 is 2.38 bits per heavy atom. The fourth-order valence-electron chi connectivity index (χ4n) is 7.23. The van der Waals surface area contributed by atoms with Gasteiger partial charge in [-0.15, -0.1) is 5.10 Å². The summed E-state index contributed by atoms with van der Waals surface area (Å²) in [5, 5.41) is 9.49. The molecule has 11 nitrogen and oxygen atoms in total. The smallest absolute Gasteiger partial charge is 0.385 e. The lowest BCUT2D eigenvalue weighted by atomic mass is 9.84. The molecule has 1 atom stereocenters. The second-order valence-electron chi connectivity index (χ2n) is 14.4. The van der Waals surface area contributed by atoms with E-state index in [1.54, 1.807) is 19.1 Å². The van der Waals surface area contributed by atoms with E-state index >= 15 is 0 Å². The number of fused-ring (bicyclic) bond motifs is 2. The van der Waals surface area contributed by atoms with Crippen molar-refractivity contribution < 1.29 is 31.6 Å².